The molecule has 1 aromatic carbocycles. The van der Waals surface area contributed by atoms with Gasteiger partial charge in [-0.1, -0.05) is 19.1 Å². The zero-order chi connectivity index (χ0) is 16.5. The van der Waals surface area contributed by atoms with Gasteiger partial charge in [-0.25, -0.2) is 4.39 Å². The van der Waals surface area contributed by atoms with Crippen LogP contribution in [0.25, 0.3) is 10.1 Å². The van der Waals surface area contributed by atoms with Gasteiger partial charge >= 0.3 is 6.18 Å². The van der Waals surface area contributed by atoms with Crippen LogP contribution in [0.2, 0.25) is 0 Å². The summed E-state index contributed by atoms with van der Waals surface area (Å²) in [4.78, 5) is 0. The number of fused-ring (bicyclic) bond motifs is 1. The van der Waals surface area contributed by atoms with Gasteiger partial charge in [-0.05, 0) is 53.0 Å². The first kappa shape index (κ1) is 17.8. The number of thiophene rings is 1. The molecule has 1 N–H and O–H groups in total. The van der Waals surface area contributed by atoms with Crippen LogP contribution in [-0.2, 0) is 6.42 Å². The summed E-state index contributed by atoms with van der Waals surface area (Å²) in [6.45, 7) is 3.36. The van der Waals surface area contributed by atoms with Gasteiger partial charge in [-0.2, -0.15) is 13.2 Å². The van der Waals surface area contributed by atoms with Gasteiger partial charge in [0.15, 0.2) is 0 Å². The van der Waals surface area contributed by atoms with Gasteiger partial charge in [0.1, 0.15) is 6.17 Å². The minimum absolute atomic E-state index is 0.304. The van der Waals surface area contributed by atoms with Crippen molar-refractivity contribution in [1.29, 1.82) is 0 Å². The second-order valence-electron chi connectivity index (χ2n) is 5.17. The van der Waals surface area contributed by atoms with Crippen molar-refractivity contribution in [3.8, 4) is 0 Å². The summed E-state index contributed by atoms with van der Waals surface area (Å²) in [5.41, 5.74) is 1.00. The Bertz CT molecular complexity index is 651. The molecule has 1 nitrogen and oxygen atoms in total. The highest BCUT2D eigenvalue weighted by molar-refractivity contribution is 14.1. The number of hydrogen-bond acceptors (Lipinski definition) is 2. The van der Waals surface area contributed by atoms with Crippen molar-refractivity contribution >= 4 is 49.7 Å². The van der Waals surface area contributed by atoms with E-state index in [1.54, 1.807) is 18.2 Å². The van der Waals surface area contributed by atoms with E-state index in [-0.39, 0.29) is 6.04 Å². The summed E-state index contributed by atoms with van der Waals surface area (Å²) in [7, 11) is 0. The van der Waals surface area contributed by atoms with Gasteiger partial charge in [-0.15, -0.1) is 11.3 Å². The molecular formula is C15H16F4INS. The van der Waals surface area contributed by atoms with Gasteiger partial charge < -0.3 is 5.32 Å². The van der Waals surface area contributed by atoms with Crippen molar-refractivity contribution in [1.82, 2.24) is 0 Å². The van der Waals surface area contributed by atoms with E-state index in [2.05, 4.69) is 5.32 Å². The molecule has 0 aliphatic rings. The van der Waals surface area contributed by atoms with Crippen LogP contribution in [0.15, 0.2) is 18.2 Å². The molecule has 122 valence electrons. The minimum Gasteiger partial charge on any atom is -0.378 e. The fourth-order valence-electron chi connectivity index (χ4n) is 2.36. The van der Waals surface area contributed by atoms with Crippen LogP contribution >= 0.6 is 33.9 Å². The molecule has 1 aromatic heterocycles. The smallest absolute Gasteiger partial charge is 0.378 e. The number of halogens is 5. The van der Waals surface area contributed by atoms with E-state index in [1.807, 2.05) is 29.5 Å². The molecule has 0 aliphatic carbocycles. The normalized spacial score (nSPS) is 15.0. The standard InChI is InChI=1S/C15H16F4INS/c1-3-11(8(2)16)21-12-6-4-5-9-10(7-15(17,18)19)14(20)22-13(9)12/h4-6,8,11,21H,3,7H2,1-2H3. The molecule has 2 unspecified atom stereocenters. The van der Waals surface area contributed by atoms with E-state index in [0.717, 1.165) is 4.70 Å². The van der Waals surface area contributed by atoms with E-state index in [0.29, 0.717) is 25.9 Å². The van der Waals surface area contributed by atoms with Crippen molar-refractivity contribution in [2.75, 3.05) is 5.32 Å². The topological polar surface area (TPSA) is 12.0 Å². The molecule has 2 aromatic rings. The maximum atomic E-state index is 13.5. The van der Waals surface area contributed by atoms with Crippen LogP contribution in [0, 0.1) is 2.88 Å². The monoisotopic (exact) mass is 445 g/mol. The third kappa shape index (κ3) is 4.04. The molecule has 7 heteroatoms. The van der Waals surface area contributed by atoms with Crippen molar-refractivity contribution in [2.45, 2.75) is 45.1 Å². The van der Waals surface area contributed by atoms with E-state index < -0.39 is 18.8 Å². The number of alkyl halides is 4. The van der Waals surface area contributed by atoms with Crippen LogP contribution in [0.1, 0.15) is 25.8 Å². The second-order valence-corrected chi connectivity index (χ2v) is 8.00. The second kappa shape index (κ2) is 6.90. The third-order valence-corrected chi connectivity index (χ3v) is 5.86. The van der Waals surface area contributed by atoms with Crippen LogP contribution in [0.5, 0.6) is 0 Å². The highest BCUT2D eigenvalue weighted by atomic mass is 127. The first-order valence-electron chi connectivity index (χ1n) is 6.90. The quantitative estimate of drug-likeness (QED) is 0.430. The molecule has 2 atom stereocenters. The molecule has 0 saturated carbocycles. The molecule has 1 heterocycles. The lowest BCUT2D eigenvalue weighted by molar-refractivity contribution is -0.127. The van der Waals surface area contributed by atoms with Gasteiger partial charge in [-0.3, -0.25) is 0 Å². The van der Waals surface area contributed by atoms with E-state index >= 15 is 0 Å². The number of nitrogens with one attached hydrogen (secondary N) is 1. The molecule has 0 bridgehead atoms. The molecule has 0 aliphatic heterocycles. The first-order chi connectivity index (χ1) is 10.2. The molecule has 22 heavy (non-hydrogen) atoms. The van der Waals surface area contributed by atoms with Crippen LogP contribution in [-0.4, -0.2) is 18.4 Å². The van der Waals surface area contributed by atoms with Gasteiger partial charge in [0.05, 0.1) is 25.7 Å². The lowest BCUT2D eigenvalue weighted by Crippen LogP contribution is -2.27. The zero-order valence-corrected chi connectivity index (χ0v) is 15.1. The summed E-state index contributed by atoms with van der Waals surface area (Å²) in [6.07, 6.45) is -5.61. The average Bonchev–Trinajstić information content (AvgIpc) is 2.71. The molecular weight excluding hydrogens is 429 g/mol. The van der Waals surface area contributed by atoms with Crippen LogP contribution in [0.3, 0.4) is 0 Å². The summed E-state index contributed by atoms with van der Waals surface area (Å²) in [6, 6.07) is 4.84. The predicted molar refractivity (Wildman–Crippen MR) is 92.6 cm³/mol. The summed E-state index contributed by atoms with van der Waals surface area (Å²) < 4.78 is 53.1. The third-order valence-electron chi connectivity index (χ3n) is 3.48. The number of anilines is 1. The fraction of sp³-hybridized carbons (Fsp3) is 0.467. The summed E-state index contributed by atoms with van der Waals surface area (Å²) >= 11 is 3.26. The Labute approximate surface area is 144 Å². The summed E-state index contributed by atoms with van der Waals surface area (Å²) in [5, 5.41) is 3.72. The van der Waals surface area contributed by atoms with Crippen molar-refractivity contribution in [3.05, 3.63) is 26.6 Å². The first-order valence-corrected chi connectivity index (χ1v) is 8.79. The molecule has 2 rings (SSSR count). The predicted octanol–water partition coefficient (Wildman–Crippen LogP) is 6.16. The Morgan fingerprint density at radius 1 is 1.32 bits per heavy atom. The van der Waals surface area contributed by atoms with E-state index in [9.17, 15) is 17.6 Å². The van der Waals surface area contributed by atoms with Crippen molar-refractivity contribution < 1.29 is 17.6 Å². The lowest BCUT2D eigenvalue weighted by Gasteiger charge is -2.20. The number of benzene rings is 1. The maximum Gasteiger partial charge on any atom is 0.393 e. The average molecular weight is 445 g/mol. The zero-order valence-electron chi connectivity index (χ0n) is 12.1. The Balaban J connectivity index is 2.44. The highest BCUT2D eigenvalue weighted by Crippen LogP contribution is 2.40. The fourth-order valence-corrected chi connectivity index (χ4v) is 4.53. The van der Waals surface area contributed by atoms with Gasteiger partial charge in [0.2, 0.25) is 0 Å². The van der Waals surface area contributed by atoms with Crippen molar-refractivity contribution in [3.63, 3.8) is 0 Å². The molecule has 0 amide bonds. The van der Waals surface area contributed by atoms with Crippen LogP contribution < -0.4 is 5.32 Å². The van der Waals surface area contributed by atoms with Crippen LogP contribution in [0.4, 0.5) is 23.2 Å². The molecule has 0 radical (unpaired) electrons. The Morgan fingerprint density at radius 2 is 2.00 bits per heavy atom. The molecule has 0 spiro atoms. The van der Waals surface area contributed by atoms with Gasteiger partial charge in [0.25, 0.3) is 0 Å². The SMILES string of the molecule is CCC(Nc1cccc2c(CC(F)(F)F)c(I)sc12)C(C)F. The Kier molecular flexibility index (Phi) is 5.58. The maximum absolute atomic E-state index is 13.5. The Morgan fingerprint density at radius 3 is 2.55 bits per heavy atom. The largest absolute Gasteiger partial charge is 0.393 e. The molecule has 0 fully saturated rings. The van der Waals surface area contributed by atoms with E-state index in [4.69, 9.17) is 0 Å². The number of rotatable bonds is 5. The molecule has 0 saturated heterocycles. The highest BCUT2D eigenvalue weighted by Gasteiger charge is 2.31. The summed E-state index contributed by atoms with van der Waals surface area (Å²) in [5.74, 6) is 0. The minimum atomic E-state index is -4.24. The lowest BCUT2D eigenvalue weighted by atomic mass is 10.1. The Hall–Kier alpha value is -0.570. The van der Waals surface area contributed by atoms with Crippen molar-refractivity contribution in [2.24, 2.45) is 0 Å². The van der Waals surface area contributed by atoms with Gasteiger partial charge in [0, 0.05) is 0 Å². The van der Waals surface area contributed by atoms with E-state index in [1.165, 1.54) is 18.3 Å². The number of hydrogen-bond donors (Lipinski definition) is 1.